The Kier molecular flexibility index (Phi) is 5.45. The second kappa shape index (κ2) is 8.15. The third-order valence-corrected chi connectivity index (χ3v) is 5.57. The van der Waals surface area contributed by atoms with Crippen molar-refractivity contribution < 1.29 is 9.21 Å². The highest BCUT2D eigenvalue weighted by Gasteiger charge is 2.27. The van der Waals surface area contributed by atoms with Crippen LogP contribution in [-0.2, 0) is 13.0 Å². The maximum Gasteiger partial charge on any atom is 0.287 e. The van der Waals surface area contributed by atoms with E-state index in [0.717, 1.165) is 44.7 Å². The molecule has 1 amide bonds. The molecule has 2 aliphatic heterocycles. The number of piperazine rings is 1. The van der Waals surface area contributed by atoms with Crippen molar-refractivity contribution in [2.24, 2.45) is 0 Å². The van der Waals surface area contributed by atoms with Crippen molar-refractivity contribution in [3.8, 4) is 0 Å². The van der Waals surface area contributed by atoms with Gasteiger partial charge in [0.25, 0.3) is 5.91 Å². The molecule has 1 aromatic heterocycles. The van der Waals surface area contributed by atoms with Crippen LogP contribution in [0.4, 0.5) is 5.69 Å². The molecule has 3 heterocycles. The predicted octanol–water partition coefficient (Wildman–Crippen LogP) is 1.87. The van der Waals surface area contributed by atoms with E-state index in [1.165, 1.54) is 11.3 Å². The van der Waals surface area contributed by atoms with Crippen LogP contribution in [0.2, 0.25) is 0 Å². The number of nitrogens with zero attached hydrogens (tertiary/aromatic N) is 2. The molecule has 6 heteroatoms. The predicted molar refractivity (Wildman–Crippen MR) is 106 cm³/mol. The maximum absolute atomic E-state index is 12.6. The van der Waals surface area contributed by atoms with E-state index in [1.54, 1.807) is 6.26 Å². The molecule has 1 aromatic carbocycles. The summed E-state index contributed by atoms with van der Waals surface area (Å²) in [5, 5.41) is 6.35. The second-order valence-corrected chi connectivity index (χ2v) is 7.43. The van der Waals surface area contributed by atoms with Crippen LogP contribution in [0, 0.1) is 0 Å². The molecule has 0 saturated carbocycles. The minimum atomic E-state index is -0.120. The molecule has 1 fully saturated rings. The smallest absolute Gasteiger partial charge is 0.287 e. The van der Waals surface area contributed by atoms with Gasteiger partial charge in [0.05, 0.1) is 6.26 Å². The lowest BCUT2D eigenvalue weighted by atomic mass is 10.1. The summed E-state index contributed by atoms with van der Waals surface area (Å²) in [5.74, 6) is 0.317. The first-order chi connectivity index (χ1) is 13.2. The molecule has 144 valence electrons. The average Bonchev–Trinajstić information content (AvgIpc) is 3.28. The van der Waals surface area contributed by atoms with E-state index in [9.17, 15) is 4.79 Å². The monoisotopic (exact) mass is 368 g/mol. The summed E-state index contributed by atoms with van der Waals surface area (Å²) in [7, 11) is 0. The minimum absolute atomic E-state index is 0.120. The van der Waals surface area contributed by atoms with Gasteiger partial charge >= 0.3 is 0 Å². The third kappa shape index (κ3) is 4.01. The zero-order valence-electron chi connectivity index (χ0n) is 15.9. The van der Waals surface area contributed by atoms with Crippen molar-refractivity contribution >= 4 is 11.6 Å². The summed E-state index contributed by atoms with van der Waals surface area (Å²) >= 11 is 0. The minimum Gasteiger partial charge on any atom is -0.459 e. The normalized spacial score (nSPS) is 19.9. The SMILES string of the molecule is CC1Cc2ccccc2N1Cc1ccoc1C(=O)NCCN1CCNCC1. The summed E-state index contributed by atoms with van der Waals surface area (Å²) in [5.41, 5.74) is 3.57. The number of nitrogens with one attached hydrogen (secondary N) is 2. The Morgan fingerprint density at radius 2 is 2.07 bits per heavy atom. The summed E-state index contributed by atoms with van der Waals surface area (Å²) in [4.78, 5) is 17.3. The molecule has 0 spiro atoms. The van der Waals surface area contributed by atoms with Crippen molar-refractivity contribution in [3.05, 3.63) is 53.5 Å². The van der Waals surface area contributed by atoms with E-state index in [1.807, 2.05) is 6.07 Å². The van der Waals surface area contributed by atoms with Crippen LogP contribution in [0.5, 0.6) is 0 Å². The number of carbonyl (C=O) groups is 1. The van der Waals surface area contributed by atoms with Crippen LogP contribution in [0.3, 0.4) is 0 Å². The lowest BCUT2D eigenvalue weighted by Crippen LogP contribution is -2.46. The third-order valence-electron chi connectivity index (χ3n) is 5.57. The van der Waals surface area contributed by atoms with E-state index < -0.39 is 0 Å². The number of rotatable bonds is 6. The van der Waals surface area contributed by atoms with Gasteiger partial charge in [0, 0.05) is 63.1 Å². The molecule has 27 heavy (non-hydrogen) atoms. The molecule has 0 bridgehead atoms. The first-order valence-corrected chi connectivity index (χ1v) is 9.84. The van der Waals surface area contributed by atoms with Gasteiger partial charge in [0.2, 0.25) is 0 Å². The second-order valence-electron chi connectivity index (χ2n) is 7.43. The van der Waals surface area contributed by atoms with Crippen LogP contribution >= 0.6 is 0 Å². The highest BCUT2D eigenvalue weighted by Crippen LogP contribution is 2.33. The molecule has 2 N–H and O–H groups in total. The Labute approximate surface area is 160 Å². The van der Waals surface area contributed by atoms with Crippen LogP contribution in [0.1, 0.15) is 28.6 Å². The molecule has 2 aliphatic rings. The molecule has 0 radical (unpaired) electrons. The zero-order chi connectivity index (χ0) is 18.6. The lowest BCUT2D eigenvalue weighted by Gasteiger charge is -2.27. The zero-order valence-corrected chi connectivity index (χ0v) is 15.9. The van der Waals surface area contributed by atoms with Gasteiger partial charge in [-0.15, -0.1) is 0 Å². The van der Waals surface area contributed by atoms with E-state index >= 15 is 0 Å². The first kappa shape index (κ1) is 18.1. The lowest BCUT2D eigenvalue weighted by molar-refractivity contribution is 0.0918. The molecule has 6 nitrogen and oxygen atoms in total. The van der Waals surface area contributed by atoms with Gasteiger partial charge in [0.1, 0.15) is 0 Å². The van der Waals surface area contributed by atoms with E-state index in [4.69, 9.17) is 4.42 Å². The van der Waals surface area contributed by atoms with E-state index in [0.29, 0.717) is 24.9 Å². The van der Waals surface area contributed by atoms with Crippen LogP contribution < -0.4 is 15.5 Å². The van der Waals surface area contributed by atoms with Crippen molar-refractivity contribution in [2.45, 2.75) is 25.9 Å². The van der Waals surface area contributed by atoms with Crippen molar-refractivity contribution in [1.82, 2.24) is 15.5 Å². The van der Waals surface area contributed by atoms with Crippen molar-refractivity contribution in [2.75, 3.05) is 44.2 Å². The van der Waals surface area contributed by atoms with E-state index in [-0.39, 0.29) is 5.91 Å². The van der Waals surface area contributed by atoms with Crippen molar-refractivity contribution in [3.63, 3.8) is 0 Å². The van der Waals surface area contributed by atoms with Gasteiger partial charge < -0.3 is 20.0 Å². The Morgan fingerprint density at radius 3 is 2.93 bits per heavy atom. The Bertz CT molecular complexity index is 782. The largest absolute Gasteiger partial charge is 0.459 e. The molecule has 0 aliphatic carbocycles. The van der Waals surface area contributed by atoms with Crippen LogP contribution in [0.15, 0.2) is 41.0 Å². The van der Waals surface area contributed by atoms with E-state index in [2.05, 4.69) is 51.6 Å². The highest BCUT2D eigenvalue weighted by atomic mass is 16.3. The molecule has 2 aromatic rings. The van der Waals surface area contributed by atoms with Crippen LogP contribution in [0.25, 0.3) is 0 Å². The standard InChI is InChI=1S/C21H28N4O2/c1-16-14-17-4-2-3-5-19(17)25(16)15-18-6-13-27-20(18)21(26)23-9-12-24-10-7-22-8-11-24/h2-6,13,16,22H,7-12,14-15H2,1H3,(H,23,26). The number of amides is 1. The highest BCUT2D eigenvalue weighted by molar-refractivity contribution is 5.93. The number of hydrogen-bond acceptors (Lipinski definition) is 5. The molecule has 4 rings (SSSR count). The maximum atomic E-state index is 12.6. The average molecular weight is 368 g/mol. The number of carbonyl (C=O) groups excluding carboxylic acids is 1. The molecular formula is C21H28N4O2. The van der Waals surface area contributed by atoms with Gasteiger partial charge in [-0.25, -0.2) is 0 Å². The Morgan fingerprint density at radius 1 is 1.26 bits per heavy atom. The van der Waals surface area contributed by atoms with Gasteiger partial charge in [0.15, 0.2) is 5.76 Å². The van der Waals surface area contributed by atoms with Crippen molar-refractivity contribution in [1.29, 1.82) is 0 Å². The number of hydrogen-bond donors (Lipinski definition) is 2. The Balaban J connectivity index is 1.37. The number of fused-ring (bicyclic) bond motifs is 1. The van der Waals surface area contributed by atoms with Crippen LogP contribution in [-0.4, -0.2) is 56.1 Å². The fourth-order valence-corrected chi connectivity index (χ4v) is 4.06. The fraction of sp³-hybridized carbons (Fsp3) is 0.476. The van der Waals surface area contributed by atoms with Gasteiger partial charge in [-0.1, -0.05) is 18.2 Å². The number of benzene rings is 1. The Hall–Kier alpha value is -2.31. The summed E-state index contributed by atoms with van der Waals surface area (Å²) < 4.78 is 5.54. The molecule has 1 atom stereocenters. The number of furan rings is 1. The van der Waals surface area contributed by atoms with Gasteiger partial charge in [-0.05, 0) is 31.0 Å². The number of para-hydroxylation sites is 1. The topological polar surface area (TPSA) is 60.8 Å². The summed E-state index contributed by atoms with van der Waals surface area (Å²) in [6.45, 7) is 8.55. The van der Waals surface area contributed by atoms with Gasteiger partial charge in [-0.2, -0.15) is 0 Å². The quantitative estimate of drug-likeness (QED) is 0.815. The summed E-state index contributed by atoms with van der Waals surface area (Å²) in [6, 6.07) is 10.8. The summed E-state index contributed by atoms with van der Waals surface area (Å²) in [6.07, 6.45) is 2.66. The molecule has 1 saturated heterocycles. The number of anilines is 1. The first-order valence-electron chi connectivity index (χ1n) is 9.84. The van der Waals surface area contributed by atoms with Gasteiger partial charge in [-0.3, -0.25) is 9.69 Å². The fourth-order valence-electron chi connectivity index (χ4n) is 4.06. The molecule has 1 unspecified atom stereocenters. The molecular weight excluding hydrogens is 340 g/mol.